The molecular formula is C59H35N5O. The van der Waals surface area contributed by atoms with Gasteiger partial charge in [0.1, 0.15) is 11.2 Å². The molecule has 0 spiro atoms. The van der Waals surface area contributed by atoms with Crippen molar-refractivity contribution < 1.29 is 4.42 Å². The molecule has 65 heavy (non-hydrogen) atoms. The maximum atomic E-state index is 6.67. The molecule has 14 aromatic rings. The van der Waals surface area contributed by atoms with Crippen molar-refractivity contribution in [3.63, 3.8) is 0 Å². The van der Waals surface area contributed by atoms with Gasteiger partial charge in [0.25, 0.3) is 0 Å². The number of para-hydroxylation sites is 4. The van der Waals surface area contributed by atoms with Crippen molar-refractivity contribution in [1.29, 1.82) is 0 Å². The first-order chi connectivity index (χ1) is 32.2. The number of furan rings is 1. The lowest BCUT2D eigenvalue weighted by Gasteiger charge is -2.16. The van der Waals surface area contributed by atoms with E-state index >= 15 is 0 Å². The normalized spacial score (nSPS) is 12.0. The highest BCUT2D eigenvalue weighted by atomic mass is 16.3. The summed E-state index contributed by atoms with van der Waals surface area (Å²) in [6, 6.07) is 75.0. The lowest BCUT2D eigenvalue weighted by atomic mass is 10.0. The molecule has 0 N–H and O–H groups in total. The number of rotatable bonds is 5. The summed E-state index contributed by atoms with van der Waals surface area (Å²) in [7, 11) is 0. The zero-order valence-electron chi connectivity index (χ0n) is 34.9. The molecule has 0 amide bonds. The summed E-state index contributed by atoms with van der Waals surface area (Å²) < 4.78 is 11.4. The molecule has 302 valence electrons. The molecule has 0 saturated heterocycles. The van der Waals surface area contributed by atoms with Gasteiger partial charge in [-0.05, 0) is 82.2 Å². The average molecular weight is 830 g/mol. The number of hydrogen-bond acceptors (Lipinski definition) is 4. The molecular weight excluding hydrogens is 795 g/mol. The zero-order chi connectivity index (χ0) is 42.6. The molecule has 0 radical (unpaired) electrons. The summed E-state index contributed by atoms with van der Waals surface area (Å²) in [6.07, 6.45) is 0. The molecule has 0 aliphatic heterocycles. The van der Waals surface area contributed by atoms with Crippen LogP contribution in [0.5, 0.6) is 0 Å². The van der Waals surface area contributed by atoms with E-state index in [1.54, 1.807) is 0 Å². The maximum Gasteiger partial charge on any atom is 0.166 e. The Labute approximate surface area is 371 Å². The topological polar surface area (TPSA) is 61.7 Å². The first-order valence-corrected chi connectivity index (χ1v) is 21.9. The number of benzene rings is 10. The van der Waals surface area contributed by atoms with E-state index in [9.17, 15) is 0 Å². The lowest BCUT2D eigenvalue weighted by molar-refractivity contribution is 0.669. The summed E-state index contributed by atoms with van der Waals surface area (Å²) in [5.41, 5.74) is 10.7. The molecule has 0 aliphatic carbocycles. The zero-order valence-corrected chi connectivity index (χ0v) is 34.9. The van der Waals surface area contributed by atoms with Gasteiger partial charge in [0.15, 0.2) is 17.5 Å². The molecule has 6 heteroatoms. The van der Waals surface area contributed by atoms with Gasteiger partial charge in [-0.25, -0.2) is 15.0 Å². The monoisotopic (exact) mass is 829 g/mol. The number of fused-ring (bicyclic) bond motifs is 11. The highest BCUT2D eigenvalue weighted by Gasteiger charge is 2.24. The highest BCUT2D eigenvalue weighted by molar-refractivity contribution is 6.17. The number of hydrogen-bond donors (Lipinski definition) is 0. The van der Waals surface area contributed by atoms with Gasteiger partial charge < -0.3 is 13.6 Å². The molecule has 0 aliphatic rings. The van der Waals surface area contributed by atoms with Gasteiger partial charge in [0, 0.05) is 54.7 Å². The van der Waals surface area contributed by atoms with Crippen LogP contribution < -0.4 is 0 Å². The van der Waals surface area contributed by atoms with E-state index in [2.05, 4.69) is 209 Å². The van der Waals surface area contributed by atoms with Crippen molar-refractivity contribution in [2.75, 3.05) is 0 Å². The van der Waals surface area contributed by atoms with Gasteiger partial charge in [-0.15, -0.1) is 0 Å². The van der Waals surface area contributed by atoms with Crippen molar-refractivity contribution in [2.45, 2.75) is 0 Å². The van der Waals surface area contributed by atoms with Crippen LogP contribution in [0, 0.1) is 0 Å². The quantitative estimate of drug-likeness (QED) is 0.173. The molecule has 0 bridgehead atoms. The van der Waals surface area contributed by atoms with E-state index < -0.39 is 0 Å². The summed E-state index contributed by atoms with van der Waals surface area (Å²) in [4.78, 5) is 16.5. The van der Waals surface area contributed by atoms with Crippen molar-refractivity contribution in [3.05, 3.63) is 212 Å². The number of aromatic nitrogens is 5. The summed E-state index contributed by atoms with van der Waals surface area (Å²) >= 11 is 0. The minimum absolute atomic E-state index is 0.547. The third-order valence-corrected chi connectivity index (χ3v) is 13.1. The number of nitrogens with zero attached hydrogens (tertiary/aromatic N) is 5. The Bertz CT molecular complexity index is 4250. The van der Waals surface area contributed by atoms with Crippen molar-refractivity contribution in [3.8, 4) is 45.5 Å². The third kappa shape index (κ3) is 5.38. The van der Waals surface area contributed by atoms with E-state index in [0.29, 0.717) is 17.5 Å². The predicted molar refractivity (Wildman–Crippen MR) is 267 cm³/mol. The van der Waals surface area contributed by atoms with Crippen molar-refractivity contribution in [2.24, 2.45) is 0 Å². The molecule has 0 fully saturated rings. The van der Waals surface area contributed by atoms with Crippen LogP contribution in [0.15, 0.2) is 217 Å². The van der Waals surface area contributed by atoms with Gasteiger partial charge in [0.05, 0.1) is 27.8 Å². The van der Waals surface area contributed by atoms with Crippen LogP contribution in [0.3, 0.4) is 0 Å². The Morgan fingerprint density at radius 3 is 1.69 bits per heavy atom. The van der Waals surface area contributed by atoms with E-state index in [-0.39, 0.29) is 0 Å². The van der Waals surface area contributed by atoms with Crippen LogP contribution in [0.25, 0.3) is 133 Å². The Balaban J connectivity index is 1.12. The van der Waals surface area contributed by atoms with Gasteiger partial charge in [-0.3, -0.25) is 0 Å². The van der Waals surface area contributed by atoms with Crippen LogP contribution in [0.1, 0.15) is 0 Å². The molecule has 10 aromatic carbocycles. The Kier molecular flexibility index (Phi) is 7.59. The van der Waals surface area contributed by atoms with Crippen molar-refractivity contribution >= 4 is 87.1 Å². The predicted octanol–water partition coefficient (Wildman–Crippen LogP) is 15.3. The van der Waals surface area contributed by atoms with Crippen LogP contribution in [-0.2, 0) is 0 Å². The van der Waals surface area contributed by atoms with Gasteiger partial charge >= 0.3 is 0 Å². The van der Waals surface area contributed by atoms with E-state index in [1.807, 2.05) is 12.1 Å². The molecule has 14 rings (SSSR count). The minimum Gasteiger partial charge on any atom is -0.456 e. The first kappa shape index (κ1) is 35.7. The summed E-state index contributed by atoms with van der Waals surface area (Å²) in [6.45, 7) is 0. The average Bonchev–Trinajstić information content (AvgIpc) is 4.02. The van der Waals surface area contributed by atoms with Crippen LogP contribution >= 0.6 is 0 Å². The van der Waals surface area contributed by atoms with E-state index in [0.717, 1.165) is 93.6 Å². The van der Waals surface area contributed by atoms with Crippen LogP contribution in [-0.4, -0.2) is 24.1 Å². The fourth-order valence-corrected chi connectivity index (χ4v) is 10.3. The molecule has 0 saturated carbocycles. The minimum atomic E-state index is 0.547. The van der Waals surface area contributed by atoms with E-state index in [4.69, 9.17) is 19.4 Å². The second kappa shape index (κ2) is 13.8. The largest absolute Gasteiger partial charge is 0.456 e. The lowest BCUT2D eigenvalue weighted by Crippen LogP contribution is -2.04. The Morgan fingerprint density at radius 1 is 0.308 bits per heavy atom. The van der Waals surface area contributed by atoms with Crippen LogP contribution in [0.4, 0.5) is 0 Å². The van der Waals surface area contributed by atoms with Gasteiger partial charge in [-0.2, -0.15) is 0 Å². The van der Waals surface area contributed by atoms with Gasteiger partial charge in [-0.1, -0.05) is 152 Å². The second-order valence-corrected chi connectivity index (χ2v) is 16.8. The van der Waals surface area contributed by atoms with Gasteiger partial charge in [0.2, 0.25) is 0 Å². The fourth-order valence-electron chi connectivity index (χ4n) is 10.3. The molecule has 6 nitrogen and oxygen atoms in total. The molecule has 0 unspecified atom stereocenters. The maximum absolute atomic E-state index is 6.67. The Hall–Kier alpha value is -8.87. The fraction of sp³-hybridized carbons (Fsp3) is 0. The summed E-state index contributed by atoms with van der Waals surface area (Å²) in [5.74, 6) is 1.73. The molecule has 4 heterocycles. The third-order valence-electron chi connectivity index (χ3n) is 13.1. The first-order valence-electron chi connectivity index (χ1n) is 21.9. The smallest absolute Gasteiger partial charge is 0.166 e. The van der Waals surface area contributed by atoms with Crippen molar-refractivity contribution in [1.82, 2.24) is 24.1 Å². The molecule has 4 aromatic heterocycles. The second-order valence-electron chi connectivity index (χ2n) is 16.8. The standard InChI is InChI=1S/C59H35N5O/c1-2-20-39(21-3-1)63-50-29-12-9-25-44(50)56-45(27-15-30-51(56)63)58-60-57(43-26-14-19-36-16-6-7-22-40(36)43)61-59(62-58)48-35-55-47(42-24-10-13-31-54(42)65-55)34-53(48)64-49-28-11-8-23-41(49)46-32-37-17-4-5-18-38(37)33-52(46)64/h1-35H. The van der Waals surface area contributed by atoms with Crippen LogP contribution in [0.2, 0.25) is 0 Å². The summed E-state index contributed by atoms with van der Waals surface area (Å²) in [5, 5.41) is 11.2. The highest BCUT2D eigenvalue weighted by Crippen LogP contribution is 2.43. The SMILES string of the molecule is c1ccc(-n2c3ccccc3c3c(-c4nc(-c5cc6oc7ccccc7c6cc5-n5c6ccccc6c6cc7ccccc7cc65)nc(-c5cccc6ccccc56)n4)cccc32)cc1. The Morgan fingerprint density at radius 2 is 0.877 bits per heavy atom. The molecule has 0 atom stereocenters. The van der Waals surface area contributed by atoms with E-state index in [1.165, 1.54) is 21.5 Å².